The zero-order valence-electron chi connectivity index (χ0n) is 15.7. The van der Waals surface area contributed by atoms with Crippen LogP contribution in [0.1, 0.15) is 43.7 Å². The highest BCUT2D eigenvalue weighted by Gasteiger charge is 2.07. The van der Waals surface area contributed by atoms with Gasteiger partial charge in [-0.3, -0.25) is 0 Å². The quantitative estimate of drug-likeness (QED) is 0.593. The van der Waals surface area contributed by atoms with Gasteiger partial charge >= 0.3 is 0 Å². The lowest BCUT2D eigenvalue weighted by atomic mass is 10.1. The molecule has 2 rings (SSSR count). The van der Waals surface area contributed by atoms with Crippen LogP contribution in [0.2, 0.25) is 0 Å². The molecule has 0 bridgehead atoms. The van der Waals surface area contributed by atoms with Crippen molar-refractivity contribution in [2.45, 2.75) is 45.6 Å². The van der Waals surface area contributed by atoms with E-state index in [0.29, 0.717) is 6.61 Å². The van der Waals surface area contributed by atoms with Gasteiger partial charge in [0.1, 0.15) is 6.54 Å². The minimum absolute atomic E-state index is 0.656. The summed E-state index contributed by atoms with van der Waals surface area (Å²) >= 11 is 0. The van der Waals surface area contributed by atoms with Crippen molar-refractivity contribution in [3.8, 4) is 11.5 Å². The van der Waals surface area contributed by atoms with Crippen molar-refractivity contribution in [2.75, 3.05) is 20.3 Å². The van der Waals surface area contributed by atoms with Crippen LogP contribution in [-0.2, 0) is 13.0 Å². The van der Waals surface area contributed by atoms with Gasteiger partial charge in [-0.2, -0.15) is 0 Å². The van der Waals surface area contributed by atoms with Gasteiger partial charge in [0.15, 0.2) is 11.5 Å². The molecule has 0 heterocycles. The fourth-order valence-corrected chi connectivity index (χ4v) is 2.87. The molecule has 0 fully saturated rings. The predicted octanol–water partition coefficient (Wildman–Crippen LogP) is 3.96. The minimum Gasteiger partial charge on any atom is -0.493 e. The van der Waals surface area contributed by atoms with Crippen LogP contribution in [0.3, 0.4) is 0 Å². The number of hydrogen-bond acceptors (Lipinski definition) is 2. The van der Waals surface area contributed by atoms with E-state index in [9.17, 15) is 0 Å². The number of ether oxygens (including phenoxy) is 2. The molecule has 0 aliphatic rings. The Bertz CT molecular complexity index is 598. The van der Waals surface area contributed by atoms with Gasteiger partial charge in [-0.05, 0) is 36.6 Å². The van der Waals surface area contributed by atoms with Crippen LogP contribution in [-0.4, -0.2) is 20.3 Å². The average Bonchev–Trinajstić information content (AvgIpc) is 2.66. The van der Waals surface area contributed by atoms with Crippen LogP contribution in [0.5, 0.6) is 11.5 Å². The number of methoxy groups -OCH3 is 1. The molecule has 0 aliphatic heterocycles. The van der Waals surface area contributed by atoms with Crippen molar-refractivity contribution in [3.05, 3.63) is 59.7 Å². The van der Waals surface area contributed by atoms with Crippen LogP contribution >= 0.6 is 0 Å². The molecule has 2 aromatic rings. The van der Waals surface area contributed by atoms with E-state index in [1.54, 1.807) is 7.11 Å². The number of rotatable bonds is 12. The molecule has 0 saturated heterocycles. The molecule has 2 N–H and O–H groups in total. The molecule has 0 atom stereocenters. The van der Waals surface area contributed by atoms with E-state index in [1.807, 2.05) is 12.1 Å². The monoisotopic (exact) mass is 342 g/mol. The lowest BCUT2D eigenvalue weighted by molar-refractivity contribution is -0.671. The normalized spacial score (nSPS) is 10.6. The zero-order chi connectivity index (χ0) is 17.7. The number of benzene rings is 2. The first-order valence-corrected chi connectivity index (χ1v) is 9.48. The van der Waals surface area contributed by atoms with Crippen molar-refractivity contribution >= 4 is 0 Å². The lowest BCUT2D eigenvalue weighted by Crippen LogP contribution is -2.82. The first-order valence-electron chi connectivity index (χ1n) is 9.48. The molecule has 0 amide bonds. The Morgan fingerprint density at radius 2 is 1.72 bits per heavy atom. The Morgan fingerprint density at radius 3 is 2.48 bits per heavy atom. The summed E-state index contributed by atoms with van der Waals surface area (Å²) in [5, 5.41) is 2.38. The maximum atomic E-state index is 5.92. The molecule has 3 nitrogen and oxygen atoms in total. The van der Waals surface area contributed by atoms with E-state index in [2.05, 4.69) is 48.6 Å². The van der Waals surface area contributed by atoms with Gasteiger partial charge in [0.05, 0.1) is 20.3 Å². The summed E-state index contributed by atoms with van der Waals surface area (Å²) in [4.78, 5) is 0. The summed E-state index contributed by atoms with van der Waals surface area (Å²) in [6.07, 6.45) is 6.17. The molecular weight excluding hydrogens is 310 g/mol. The summed E-state index contributed by atoms with van der Waals surface area (Å²) in [5.74, 6) is 1.65. The molecule has 136 valence electrons. The standard InChI is InChI=1S/C22H31NO2/c1-3-4-5-9-15-23-18-20-12-13-21(22(17-20)24-2)25-16-14-19-10-7-6-8-11-19/h6-8,10-13,17,23H,3-5,9,14-16,18H2,1-2H3/p+1. The summed E-state index contributed by atoms with van der Waals surface area (Å²) in [5.41, 5.74) is 2.57. The lowest BCUT2D eigenvalue weighted by Gasteiger charge is -2.12. The smallest absolute Gasteiger partial charge is 0.161 e. The first kappa shape index (κ1) is 19.3. The van der Waals surface area contributed by atoms with Crippen molar-refractivity contribution in [1.29, 1.82) is 0 Å². The molecule has 25 heavy (non-hydrogen) atoms. The molecule has 0 saturated carbocycles. The van der Waals surface area contributed by atoms with Crippen molar-refractivity contribution in [2.24, 2.45) is 0 Å². The van der Waals surface area contributed by atoms with Gasteiger partial charge in [0, 0.05) is 12.0 Å². The maximum absolute atomic E-state index is 5.92. The van der Waals surface area contributed by atoms with Crippen LogP contribution in [0.15, 0.2) is 48.5 Å². The number of nitrogens with two attached hydrogens (primary N) is 1. The SMILES string of the molecule is CCCCCC[NH2+]Cc1ccc(OCCc2ccccc2)c(OC)c1. The zero-order valence-corrected chi connectivity index (χ0v) is 15.7. The van der Waals surface area contributed by atoms with E-state index in [0.717, 1.165) is 24.5 Å². The van der Waals surface area contributed by atoms with Crippen molar-refractivity contribution < 1.29 is 14.8 Å². The number of unbranched alkanes of at least 4 members (excludes halogenated alkanes) is 3. The number of hydrogen-bond donors (Lipinski definition) is 1. The van der Waals surface area contributed by atoms with Crippen molar-refractivity contribution in [3.63, 3.8) is 0 Å². The Morgan fingerprint density at radius 1 is 0.880 bits per heavy atom. The first-order chi connectivity index (χ1) is 12.3. The van der Waals surface area contributed by atoms with Gasteiger partial charge < -0.3 is 14.8 Å². The third-order valence-corrected chi connectivity index (χ3v) is 4.36. The van der Waals surface area contributed by atoms with Gasteiger partial charge in [0.2, 0.25) is 0 Å². The molecule has 0 aromatic heterocycles. The fraction of sp³-hybridized carbons (Fsp3) is 0.455. The molecular formula is C22H32NO2+. The van der Waals surface area contributed by atoms with Gasteiger partial charge in [0.25, 0.3) is 0 Å². The fourth-order valence-electron chi connectivity index (χ4n) is 2.87. The van der Waals surface area contributed by atoms with Crippen LogP contribution < -0.4 is 14.8 Å². The molecule has 0 spiro atoms. The largest absolute Gasteiger partial charge is 0.493 e. The second-order valence-electron chi connectivity index (χ2n) is 6.41. The maximum Gasteiger partial charge on any atom is 0.161 e. The molecule has 3 heteroatoms. The molecule has 0 aliphatic carbocycles. The Hall–Kier alpha value is -2.00. The Balaban J connectivity index is 1.78. The van der Waals surface area contributed by atoms with Crippen LogP contribution in [0.25, 0.3) is 0 Å². The third kappa shape index (κ3) is 7.18. The average molecular weight is 343 g/mol. The summed E-state index contributed by atoms with van der Waals surface area (Å²) in [7, 11) is 1.71. The molecule has 0 unspecified atom stereocenters. The summed E-state index contributed by atoms with van der Waals surface area (Å²) in [6.45, 7) is 5.09. The Kier molecular flexibility index (Phi) is 8.92. The highest BCUT2D eigenvalue weighted by molar-refractivity contribution is 5.42. The number of quaternary nitrogens is 1. The molecule has 0 radical (unpaired) electrons. The second-order valence-corrected chi connectivity index (χ2v) is 6.41. The molecule has 2 aromatic carbocycles. The van der Waals surface area contributed by atoms with E-state index < -0.39 is 0 Å². The minimum atomic E-state index is 0.656. The van der Waals surface area contributed by atoms with E-state index in [4.69, 9.17) is 9.47 Å². The predicted molar refractivity (Wildman–Crippen MR) is 103 cm³/mol. The summed E-state index contributed by atoms with van der Waals surface area (Å²) < 4.78 is 11.4. The van der Waals surface area contributed by atoms with E-state index >= 15 is 0 Å². The third-order valence-electron chi connectivity index (χ3n) is 4.36. The van der Waals surface area contributed by atoms with E-state index in [-0.39, 0.29) is 0 Å². The van der Waals surface area contributed by atoms with E-state index in [1.165, 1.54) is 43.4 Å². The highest BCUT2D eigenvalue weighted by Crippen LogP contribution is 2.28. The van der Waals surface area contributed by atoms with Gasteiger partial charge in [-0.25, -0.2) is 0 Å². The van der Waals surface area contributed by atoms with Crippen LogP contribution in [0, 0.1) is 0 Å². The van der Waals surface area contributed by atoms with Gasteiger partial charge in [-0.15, -0.1) is 0 Å². The highest BCUT2D eigenvalue weighted by atomic mass is 16.5. The van der Waals surface area contributed by atoms with Crippen molar-refractivity contribution in [1.82, 2.24) is 0 Å². The van der Waals surface area contributed by atoms with Crippen LogP contribution in [0.4, 0.5) is 0 Å². The Labute approximate surface area is 152 Å². The second kappa shape index (κ2) is 11.5. The summed E-state index contributed by atoms with van der Waals surface area (Å²) in [6, 6.07) is 16.7. The topological polar surface area (TPSA) is 35.1 Å². The van der Waals surface area contributed by atoms with Gasteiger partial charge in [-0.1, -0.05) is 50.1 Å².